The summed E-state index contributed by atoms with van der Waals surface area (Å²) in [6.07, 6.45) is 2.04. The fourth-order valence-electron chi connectivity index (χ4n) is 2.44. The highest BCUT2D eigenvalue weighted by Crippen LogP contribution is 2.23. The van der Waals surface area contributed by atoms with Crippen LogP contribution >= 0.6 is 27.5 Å². The van der Waals surface area contributed by atoms with E-state index in [9.17, 15) is 0 Å². The molecule has 0 radical (unpaired) electrons. The summed E-state index contributed by atoms with van der Waals surface area (Å²) in [5.41, 5.74) is 3.61. The third-order valence-corrected chi connectivity index (χ3v) is 4.46. The molecule has 2 aromatic carbocycles. The number of hydrogen-bond donors (Lipinski definition) is 2. The molecule has 21 heavy (non-hydrogen) atoms. The number of aromatic nitrogens is 1. The first-order valence-corrected chi connectivity index (χ1v) is 8.05. The van der Waals surface area contributed by atoms with E-state index in [1.165, 1.54) is 16.5 Å². The van der Waals surface area contributed by atoms with Crippen LogP contribution in [0.2, 0.25) is 5.02 Å². The van der Waals surface area contributed by atoms with Crippen LogP contribution in [-0.2, 0) is 6.54 Å². The van der Waals surface area contributed by atoms with Gasteiger partial charge in [-0.2, -0.15) is 0 Å². The van der Waals surface area contributed by atoms with E-state index in [0.29, 0.717) is 6.04 Å². The van der Waals surface area contributed by atoms with Gasteiger partial charge in [-0.15, -0.1) is 0 Å². The van der Waals surface area contributed by atoms with Crippen LogP contribution in [0, 0.1) is 0 Å². The molecule has 4 heteroatoms. The van der Waals surface area contributed by atoms with Crippen molar-refractivity contribution >= 4 is 38.4 Å². The van der Waals surface area contributed by atoms with Crippen molar-refractivity contribution in [3.63, 3.8) is 0 Å². The Labute approximate surface area is 137 Å². The van der Waals surface area contributed by atoms with Crippen LogP contribution in [0.1, 0.15) is 24.1 Å². The zero-order chi connectivity index (χ0) is 14.8. The molecule has 0 aliphatic heterocycles. The molecule has 2 nitrogen and oxygen atoms in total. The maximum Gasteiger partial charge on any atom is 0.0472 e. The van der Waals surface area contributed by atoms with Crippen molar-refractivity contribution < 1.29 is 0 Å². The molecule has 1 aromatic heterocycles. The summed E-state index contributed by atoms with van der Waals surface area (Å²) in [6, 6.07) is 14.7. The van der Waals surface area contributed by atoms with Gasteiger partial charge in [-0.05, 0) is 42.3 Å². The third-order valence-electron chi connectivity index (χ3n) is 3.70. The van der Waals surface area contributed by atoms with Crippen LogP contribution in [-0.4, -0.2) is 4.98 Å². The number of nitrogens with one attached hydrogen (secondary N) is 2. The fourth-order valence-corrected chi connectivity index (χ4v) is 2.87. The van der Waals surface area contributed by atoms with Gasteiger partial charge in [0.1, 0.15) is 0 Å². The highest BCUT2D eigenvalue weighted by molar-refractivity contribution is 9.10. The van der Waals surface area contributed by atoms with E-state index in [0.717, 1.165) is 21.6 Å². The number of aromatic amines is 1. The van der Waals surface area contributed by atoms with E-state index in [2.05, 4.69) is 63.5 Å². The second kappa shape index (κ2) is 6.22. The monoisotopic (exact) mass is 362 g/mol. The number of rotatable bonds is 4. The molecule has 0 saturated heterocycles. The molecule has 0 aliphatic carbocycles. The van der Waals surface area contributed by atoms with Crippen LogP contribution in [0.15, 0.2) is 53.1 Å². The lowest BCUT2D eigenvalue weighted by Crippen LogP contribution is -2.17. The lowest BCUT2D eigenvalue weighted by molar-refractivity contribution is 0.576. The van der Waals surface area contributed by atoms with Crippen molar-refractivity contribution in [2.75, 3.05) is 0 Å². The molecule has 1 heterocycles. The summed E-state index contributed by atoms with van der Waals surface area (Å²) in [5, 5.41) is 5.53. The third kappa shape index (κ3) is 3.31. The Kier molecular flexibility index (Phi) is 4.34. The second-order valence-corrected chi connectivity index (χ2v) is 6.51. The predicted molar refractivity (Wildman–Crippen MR) is 92.7 cm³/mol. The first kappa shape index (κ1) is 14.6. The maximum atomic E-state index is 6.01. The minimum atomic E-state index is 0.301. The zero-order valence-corrected chi connectivity index (χ0v) is 14.0. The Hall–Kier alpha value is -1.29. The molecule has 0 unspecified atom stereocenters. The highest BCUT2D eigenvalue weighted by atomic mass is 79.9. The molecule has 3 aromatic rings. The summed E-state index contributed by atoms with van der Waals surface area (Å²) in [4.78, 5) is 3.27. The van der Waals surface area contributed by atoms with E-state index in [-0.39, 0.29) is 0 Å². The topological polar surface area (TPSA) is 27.8 Å². The standard InChI is InChI=1S/C17H16BrClN2/c1-11(12-2-4-14(18)5-3-12)20-9-13-10-21-17-8-15(19)6-7-16(13)17/h2-8,10-11,20-21H,9H2,1H3/t11-/m0/s1. The normalized spacial score (nSPS) is 12.7. The van der Waals surface area contributed by atoms with Crippen LogP contribution in [0.25, 0.3) is 10.9 Å². The van der Waals surface area contributed by atoms with Crippen molar-refractivity contribution in [2.24, 2.45) is 0 Å². The average molecular weight is 364 g/mol. The number of halogens is 2. The molecule has 0 aliphatic rings. The van der Waals surface area contributed by atoms with Gasteiger partial charge in [0.05, 0.1) is 0 Å². The van der Waals surface area contributed by atoms with Crippen molar-refractivity contribution in [3.8, 4) is 0 Å². The number of benzene rings is 2. The molecule has 0 saturated carbocycles. The Morgan fingerprint density at radius 1 is 1.19 bits per heavy atom. The van der Waals surface area contributed by atoms with Crippen LogP contribution in [0.4, 0.5) is 0 Å². The fraction of sp³-hybridized carbons (Fsp3) is 0.176. The Balaban J connectivity index is 1.72. The number of hydrogen-bond acceptors (Lipinski definition) is 1. The summed E-state index contributed by atoms with van der Waals surface area (Å²) in [6.45, 7) is 2.99. The lowest BCUT2D eigenvalue weighted by Gasteiger charge is -2.14. The summed E-state index contributed by atoms with van der Waals surface area (Å²) in [7, 11) is 0. The second-order valence-electron chi connectivity index (χ2n) is 5.16. The largest absolute Gasteiger partial charge is 0.361 e. The van der Waals surface area contributed by atoms with Crippen molar-refractivity contribution in [1.29, 1.82) is 0 Å². The van der Waals surface area contributed by atoms with E-state index < -0.39 is 0 Å². The molecule has 0 spiro atoms. The van der Waals surface area contributed by atoms with Crippen molar-refractivity contribution in [3.05, 3.63) is 69.3 Å². The van der Waals surface area contributed by atoms with Gasteiger partial charge in [0, 0.05) is 39.2 Å². The van der Waals surface area contributed by atoms with E-state index in [4.69, 9.17) is 11.6 Å². The summed E-state index contributed by atoms with van der Waals surface area (Å²) >= 11 is 9.47. The summed E-state index contributed by atoms with van der Waals surface area (Å²) in [5.74, 6) is 0. The molecule has 2 N–H and O–H groups in total. The van der Waals surface area contributed by atoms with Crippen LogP contribution < -0.4 is 5.32 Å². The van der Waals surface area contributed by atoms with Gasteiger partial charge >= 0.3 is 0 Å². The first-order chi connectivity index (χ1) is 10.1. The van der Waals surface area contributed by atoms with Gasteiger partial charge < -0.3 is 10.3 Å². The SMILES string of the molecule is C[C@H](NCc1c[nH]c2cc(Cl)ccc12)c1ccc(Br)cc1. The van der Waals surface area contributed by atoms with Gasteiger partial charge in [-0.3, -0.25) is 0 Å². The summed E-state index contributed by atoms with van der Waals surface area (Å²) < 4.78 is 1.10. The smallest absolute Gasteiger partial charge is 0.0472 e. The molecule has 0 bridgehead atoms. The number of H-pyrrole nitrogens is 1. The predicted octanol–water partition coefficient (Wildman–Crippen LogP) is 5.43. The molecule has 1 atom stereocenters. The average Bonchev–Trinajstić information content (AvgIpc) is 2.87. The van der Waals surface area contributed by atoms with E-state index in [1.54, 1.807) is 0 Å². The van der Waals surface area contributed by atoms with Gasteiger partial charge in [-0.1, -0.05) is 45.7 Å². The molecule has 0 amide bonds. The first-order valence-electron chi connectivity index (χ1n) is 6.88. The Bertz CT molecular complexity index is 749. The van der Waals surface area contributed by atoms with Crippen molar-refractivity contribution in [2.45, 2.75) is 19.5 Å². The molecular weight excluding hydrogens is 348 g/mol. The Morgan fingerprint density at radius 3 is 2.71 bits per heavy atom. The molecular formula is C17H16BrClN2. The molecule has 108 valence electrons. The van der Waals surface area contributed by atoms with Crippen molar-refractivity contribution in [1.82, 2.24) is 10.3 Å². The minimum absolute atomic E-state index is 0.301. The van der Waals surface area contributed by atoms with Gasteiger partial charge in [-0.25, -0.2) is 0 Å². The van der Waals surface area contributed by atoms with Gasteiger partial charge in [0.15, 0.2) is 0 Å². The van der Waals surface area contributed by atoms with Crippen LogP contribution in [0.3, 0.4) is 0 Å². The quantitative estimate of drug-likeness (QED) is 0.635. The number of fused-ring (bicyclic) bond motifs is 1. The van der Waals surface area contributed by atoms with E-state index in [1.807, 2.05) is 18.3 Å². The van der Waals surface area contributed by atoms with Crippen LogP contribution in [0.5, 0.6) is 0 Å². The van der Waals surface area contributed by atoms with E-state index >= 15 is 0 Å². The maximum absolute atomic E-state index is 6.01. The minimum Gasteiger partial charge on any atom is -0.361 e. The Morgan fingerprint density at radius 2 is 1.95 bits per heavy atom. The lowest BCUT2D eigenvalue weighted by atomic mass is 10.1. The van der Waals surface area contributed by atoms with Gasteiger partial charge in [0.2, 0.25) is 0 Å². The highest BCUT2D eigenvalue weighted by Gasteiger charge is 2.08. The van der Waals surface area contributed by atoms with Gasteiger partial charge in [0.25, 0.3) is 0 Å². The molecule has 0 fully saturated rings. The zero-order valence-electron chi connectivity index (χ0n) is 11.7. The molecule has 3 rings (SSSR count).